The van der Waals surface area contributed by atoms with Crippen molar-refractivity contribution in [3.63, 3.8) is 0 Å². The van der Waals surface area contributed by atoms with Gasteiger partial charge in [0.25, 0.3) is 5.91 Å². The molecule has 7 heteroatoms. The Hall–Kier alpha value is -1.86. The van der Waals surface area contributed by atoms with Crippen LogP contribution in [0.15, 0.2) is 23.1 Å². The third kappa shape index (κ3) is 4.22. The van der Waals surface area contributed by atoms with Crippen LogP contribution >= 0.6 is 24.0 Å². The van der Waals surface area contributed by atoms with Gasteiger partial charge in [0.1, 0.15) is 16.7 Å². The molecule has 2 heterocycles. The second-order valence-electron chi connectivity index (χ2n) is 5.93. The number of benzene rings is 1. The summed E-state index contributed by atoms with van der Waals surface area (Å²) in [5.41, 5.74) is 1.62. The second kappa shape index (κ2) is 8.01. The van der Waals surface area contributed by atoms with E-state index in [4.69, 9.17) is 17.0 Å². The molecule has 1 aromatic rings. The molecule has 5 nitrogen and oxygen atoms in total. The molecule has 2 aliphatic rings. The lowest BCUT2D eigenvalue weighted by Gasteiger charge is -2.30. The molecule has 2 amide bonds. The number of hydrogen-bond donors (Lipinski definition) is 1. The second-order valence-corrected chi connectivity index (χ2v) is 7.65. The number of fused-ring (bicyclic) bond motifs is 1. The van der Waals surface area contributed by atoms with Crippen molar-refractivity contribution in [1.29, 1.82) is 0 Å². The maximum Gasteiger partial charge on any atom is 0.263 e. The van der Waals surface area contributed by atoms with E-state index < -0.39 is 0 Å². The number of nitrogens with zero attached hydrogens (tertiary/aromatic N) is 1. The molecule has 0 atom stereocenters. The van der Waals surface area contributed by atoms with Crippen molar-refractivity contribution >= 4 is 51.9 Å². The maximum absolute atomic E-state index is 12.6. The van der Waals surface area contributed by atoms with Crippen LogP contribution in [0.2, 0.25) is 0 Å². The Labute approximate surface area is 156 Å². The molecule has 132 valence electrons. The van der Waals surface area contributed by atoms with E-state index in [9.17, 15) is 9.59 Å². The first-order valence-corrected chi connectivity index (χ1v) is 9.63. The Balaban J connectivity index is 1.83. The van der Waals surface area contributed by atoms with Gasteiger partial charge < -0.3 is 15.0 Å². The van der Waals surface area contributed by atoms with Crippen molar-refractivity contribution in [1.82, 2.24) is 5.32 Å². The number of hydrogen-bond acceptors (Lipinski definition) is 5. The quantitative estimate of drug-likeness (QED) is 0.484. The average Bonchev–Trinajstić information content (AvgIpc) is 2.91. The Bertz CT molecular complexity index is 746. The number of amides is 2. The van der Waals surface area contributed by atoms with E-state index in [1.807, 2.05) is 18.2 Å². The van der Waals surface area contributed by atoms with E-state index in [1.54, 1.807) is 11.0 Å². The van der Waals surface area contributed by atoms with Crippen molar-refractivity contribution < 1.29 is 14.3 Å². The first kappa shape index (κ1) is 17.9. The minimum absolute atomic E-state index is 0.122. The predicted octanol–water partition coefficient (Wildman–Crippen LogP) is 3.48. The first-order chi connectivity index (χ1) is 12.1. The molecule has 0 aliphatic carbocycles. The molecule has 2 aliphatic heterocycles. The van der Waals surface area contributed by atoms with Gasteiger partial charge >= 0.3 is 0 Å². The smallest absolute Gasteiger partial charge is 0.263 e. The van der Waals surface area contributed by atoms with Gasteiger partial charge in [-0.3, -0.25) is 9.59 Å². The zero-order valence-corrected chi connectivity index (χ0v) is 15.7. The lowest BCUT2D eigenvalue weighted by atomic mass is 10.1. The van der Waals surface area contributed by atoms with Gasteiger partial charge in [0, 0.05) is 6.42 Å². The van der Waals surface area contributed by atoms with Crippen LogP contribution in [-0.4, -0.2) is 29.3 Å². The molecule has 0 bridgehead atoms. The molecule has 1 aromatic carbocycles. The Morgan fingerprint density at radius 2 is 2.28 bits per heavy atom. The van der Waals surface area contributed by atoms with Gasteiger partial charge in [-0.05, 0) is 30.2 Å². The zero-order chi connectivity index (χ0) is 17.8. The van der Waals surface area contributed by atoms with Gasteiger partial charge in [-0.1, -0.05) is 49.8 Å². The van der Waals surface area contributed by atoms with E-state index in [0.29, 0.717) is 34.5 Å². The summed E-state index contributed by atoms with van der Waals surface area (Å²) in [7, 11) is 0. The molecular weight excluding hydrogens is 356 g/mol. The van der Waals surface area contributed by atoms with Crippen LogP contribution < -0.4 is 15.0 Å². The molecule has 0 radical (unpaired) electrons. The summed E-state index contributed by atoms with van der Waals surface area (Å²) >= 11 is 6.25. The fourth-order valence-corrected chi connectivity index (χ4v) is 3.86. The standard InChI is InChI=1S/C18H20N2O3S2/c1-2-3-4-5-16(21)20-8-9-23-14-7-6-12(10-13(14)20)11-15-17(22)19-18(24)25-15/h6-7,10-11H,2-5,8-9H2,1H3,(H,19,22,24)/b15-11-. The van der Waals surface area contributed by atoms with Gasteiger partial charge in [-0.25, -0.2) is 0 Å². The van der Waals surface area contributed by atoms with Crippen LogP contribution in [0.5, 0.6) is 5.75 Å². The molecule has 0 aromatic heterocycles. The van der Waals surface area contributed by atoms with Gasteiger partial charge in [0.05, 0.1) is 17.1 Å². The molecule has 0 saturated carbocycles. The molecule has 1 N–H and O–H groups in total. The van der Waals surface area contributed by atoms with Gasteiger partial charge in [0.15, 0.2) is 0 Å². The van der Waals surface area contributed by atoms with Crippen LogP contribution in [0.25, 0.3) is 6.08 Å². The van der Waals surface area contributed by atoms with Crippen LogP contribution in [0.1, 0.15) is 38.2 Å². The van der Waals surface area contributed by atoms with E-state index in [2.05, 4.69) is 12.2 Å². The SMILES string of the molecule is CCCCCC(=O)N1CCOc2ccc(/C=C3\SC(=S)NC3=O)cc21. The van der Waals surface area contributed by atoms with Crippen LogP contribution in [0.4, 0.5) is 5.69 Å². The Morgan fingerprint density at radius 1 is 1.44 bits per heavy atom. The average molecular weight is 377 g/mol. The molecule has 3 rings (SSSR count). The molecular formula is C18H20N2O3S2. The summed E-state index contributed by atoms with van der Waals surface area (Å²) in [4.78, 5) is 26.7. The van der Waals surface area contributed by atoms with E-state index >= 15 is 0 Å². The molecule has 1 fully saturated rings. The number of ether oxygens (including phenoxy) is 1. The van der Waals surface area contributed by atoms with E-state index in [0.717, 1.165) is 30.5 Å². The number of thiocarbonyl (C=S) groups is 1. The molecule has 0 spiro atoms. The summed E-state index contributed by atoms with van der Waals surface area (Å²) in [6, 6.07) is 5.63. The van der Waals surface area contributed by atoms with Crippen molar-refractivity contribution in [3.05, 3.63) is 28.7 Å². The summed E-state index contributed by atoms with van der Waals surface area (Å²) < 4.78 is 6.14. The Kier molecular flexibility index (Phi) is 5.75. The number of nitrogens with one attached hydrogen (secondary N) is 1. The normalized spacial score (nSPS) is 18.1. The van der Waals surface area contributed by atoms with Crippen molar-refractivity contribution in [2.75, 3.05) is 18.1 Å². The fraction of sp³-hybridized carbons (Fsp3) is 0.389. The van der Waals surface area contributed by atoms with Crippen LogP contribution in [0.3, 0.4) is 0 Å². The van der Waals surface area contributed by atoms with E-state index in [1.165, 1.54) is 11.8 Å². The number of rotatable bonds is 5. The van der Waals surface area contributed by atoms with Crippen molar-refractivity contribution in [3.8, 4) is 5.75 Å². The summed E-state index contributed by atoms with van der Waals surface area (Å²) in [5.74, 6) is 0.643. The number of thioether (sulfide) groups is 1. The summed E-state index contributed by atoms with van der Waals surface area (Å²) in [6.07, 6.45) is 5.38. The van der Waals surface area contributed by atoms with Crippen LogP contribution in [0, 0.1) is 0 Å². The highest BCUT2D eigenvalue weighted by Crippen LogP contribution is 2.35. The van der Waals surface area contributed by atoms with Crippen molar-refractivity contribution in [2.24, 2.45) is 0 Å². The zero-order valence-electron chi connectivity index (χ0n) is 14.0. The number of unbranched alkanes of at least 4 members (excludes halogenated alkanes) is 2. The number of carbonyl (C=O) groups excluding carboxylic acids is 2. The molecule has 25 heavy (non-hydrogen) atoms. The summed E-state index contributed by atoms with van der Waals surface area (Å²) in [5, 5.41) is 2.60. The third-order valence-electron chi connectivity index (χ3n) is 4.08. The minimum atomic E-state index is -0.184. The first-order valence-electron chi connectivity index (χ1n) is 8.40. The maximum atomic E-state index is 12.6. The highest BCUT2D eigenvalue weighted by Gasteiger charge is 2.25. The van der Waals surface area contributed by atoms with Gasteiger partial charge in [-0.15, -0.1) is 0 Å². The van der Waals surface area contributed by atoms with Crippen molar-refractivity contribution in [2.45, 2.75) is 32.6 Å². The van der Waals surface area contributed by atoms with Gasteiger partial charge in [0.2, 0.25) is 5.91 Å². The highest BCUT2D eigenvalue weighted by atomic mass is 32.2. The Morgan fingerprint density at radius 3 is 3.00 bits per heavy atom. The minimum Gasteiger partial charge on any atom is -0.490 e. The molecule has 1 saturated heterocycles. The lowest BCUT2D eigenvalue weighted by Crippen LogP contribution is -2.37. The highest BCUT2D eigenvalue weighted by molar-refractivity contribution is 8.26. The fourth-order valence-electron chi connectivity index (χ4n) is 2.82. The summed E-state index contributed by atoms with van der Waals surface area (Å²) in [6.45, 7) is 3.17. The predicted molar refractivity (Wildman–Crippen MR) is 105 cm³/mol. The number of anilines is 1. The van der Waals surface area contributed by atoms with E-state index in [-0.39, 0.29) is 11.8 Å². The van der Waals surface area contributed by atoms with Gasteiger partial charge in [-0.2, -0.15) is 0 Å². The number of carbonyl (C=O) groups is 2. The lowest BCUT2D eigenvalue weighted by molar-refractivity contribution is -0.119. The molecule has 0 unspecified atom stereocenters. The monoisotopic (exact) mass is 376 g/mol. The topological polar surface area (TPSA) is 58.6 Å². The third-order valence-corrected chi connectivity index (χ3v) is 5.24. The largest absolute Gasteiger partial charge is 0.490 e. The van der Waals surface area contributed by atoms with Crippen LogP contribution in [-0.2, 0) is 9.59 Å².